The molecule has 0 unspecified atom stereocenters. The van der Waals surface area contributed by atoms with Crippen molar-refractivity contribution in [1.82, 2.24) is 0 Å². The van der Waals surface area contributed by atoms with Gasteiger partial charge in [0.1, 0.15) is 0 Å². The van der Waals surface area contributed by atoms with Crippen LogP contribution in [0.25, 0.3) is 11.1 Å². The van der Waals surface area contributed by atoms with Gasteiger partial charge in [-0.1, -0.05) is 206 Å². The van der Waals surface area contributed by atoms with Gasteiger partial charge in [0.05, 0.1) is 5.41 Å². The van der Waals surface area contributed by atoms with E-state index in [-0.39, 0.29) is 0 Å². The van der Waals surface area contributed by atoms with Crippen molar-refractivity contribution in [2.24, 2.45) is 0 Å². The molecule has 0 aromatic heterocycles. The molecule has 0 saturated carbocycles. The Morgan fingerprint density at radius 2 is 0.547 bits per heavy atom. The van der Waals surface area contributed by atoms with Crippen molar-refractivity contribution in [3.05, 3.63) is 241 Å². The van der Waals surface area contributed by atoms with Gasteiger partial charge in [0.15, 0.2) is 14.3 Å². The van der Waals surface area contributed by atoms with Crippen LogP contribution in [0.3, 0.4) is 0 Å². The second-order valence-electron chi connectivity index (χ2n) is 13.5. The summed E-state index contributed by atoms with van der Waals surface area (Å²) >= 11 is 0. The number of rotatable bonds is 8. The monoisotopic (exact) mass is 718 g/mol. The molecular formula is C49H36O2P2. The average molecular weight is 719 g/mol. The van der Waals surface area contributed by atoms with Gasteiger partial charge in [-0.25, -0.2) is 0 Å². The van der Waals surface area contributed by atoms with E-state index in [1.54, 1.807) is 0 Å². The maximum Gasteiger partial charge on any atom is 0.171 e. The minimum atomic E-state index is -3.30. The zero-order valence-electron chi connectivity index (χ0n) is 29.0. The van der Waals surface area contributed by atoms with Crippen LogP contribution >= 0.6 is 14.3 Å². The predicted molar refractivity (Wildman–Crippen MR) is 223 cm³/mol. The molecule has 0 radical (unpaired) electrons. The van der Waals surface area contributed by atoms with Crippen molar-refractivity contribution in [1.29, 1.82) is 0 Å². The third kappa shape index (κ3) is 5.17. The number of fused-ring (bicyclic) bond motifs is 3. The van der Waals surface area contributed by atoms with Gasteiger partial charge in [0, 0.05) is 31.8 Å². The molecule has 1 aliphatic rings. The summed E-state index contributed by atoms with van der Waals surface area (Å²) in [6.07, 6.45) is 0. The van der Waals surface area contributed by atoms with E-state index in [4.69, 9.17) is 0 Å². The quantitative estimate of drug-likeness (QED) is 0.147. The molecule has 0 aliphatic heterocycles. The standard InChI is InChI=1S/C49H36O2P2/c50-52(39-23-11-3-12-24-39,40-25-13-4-14-26-40)43-31-33-45-46-34-32-44(53(51,41-27-15-5-16-28-41)42-29-17-6-18-30-42)36-48(46)49(47(45)35-43,37-19-7-1-8-20-37)38-21-9-2-10-22-38/h1-36H. The zero-order chi connectivity index (χ0) is 35.9. The Morgan fingerprint density at radius 1 is 0.283 bits per heavy atom. The van der Waals surface area contributed by atoms with Crippen molar-refractivity contribution >= 4 is 46.1 Å². The van der Waals surface area contributed by atoms with Crippen LogP contribution in [0.4, 0.5) is 0 Å². The van der Waals surface area contributed by atoms with Crippen LogP contribution in [0.2, 0.25) is 0 Å². The van der Waals surface area contributed by atoms with Crippen molar-refractivity contribution in [3.8, 4) is 11.1 Å². The Kier molecular flexibility index (Phi) is 8.32. The van der Waals surface area contributed by atoms with E-state index in [1.165, 1.54) is 0 Å². The second-order valence-corrected chi connectivity index (χ2v) is 19.0. The maximum atomic E-state index is 15.8. The summed E-state index contributed by atoms with van der Waals surface area (Å²) in [5.74, 6) is 0. The molecule has 0 bridgehead atoms. The lowest BCUT2D eigenvalue weighted by Crippen LogP contribution is -2.32. The normalized spacial score (nSPS) is 13.2. The summed E-state index contributed by atoms with van der Waals surface area (Å²) < 4.78 is 31.7. The van der Waals surface area contributed by atoms with Crippen LogP contribution in [-0.4, -0.2) is 0 Å². The summed E-state index contributed by atoms with van der Waals surface area (Å²) in [6, 6.07) is 73.4. The maximum absolute atomic E-state index is 15.8. The van der Waals surface area contributed by atoms with Crippen LogP contribution in [-0.2, 0) is 14.5 Å². The fraction of sp³-hybridized carbons (Fsp3) is 0.0204. The Hall–Kier alpha value is -5.78. The molecule has 2 nitrogen and oxygen atoms in total. The van der Waals surface area contributed by atoms with Gasteiger partial charge >= 0.3 is 0 Å². The first-order valence-electron chi connectivity index (χ1n) is 17.9. The van der Waals surface area contributed by atoms with Gasteiger partial charge in [0.2, 0.25) is 0 Å². The molecule has 254 valence electrons. The van der Waals surface area contributed by atoms with Crippen LogP contribution in [0, 0.1) is 0 Å². The molecule has 1 aliphatic carbocycles. The van der Waals surface area contributed by atoms with E-state index in [0.29, 0.717) is 0 Å². The van der Waals surface area contributed by atoms with Crippen LogP contribution in [0.15, 0.2) is 218 Å². The largest absolute Gasteiger partial charge is 0.309 e. The molecule has 0 N–H and O–H groups in total. The summed E-state index contributed by atoms with van der Waals surface area (Å²) in [4.78, 5) is 0. The van der Waals surface area contributed by atoms with E-state index in [1.807, 2.05) is 133 Å². The third-order valence-electron chi connectivity index (χ3n) is 10.7. The van der Waals surface area contributed by atoms with Crippen molar-refractivity contribution in [2.45, 2.75) is 5.41 Å². The lowest BCUT2D eigenvalue weighted by molar-refractivity contribution is 0.591. The molecule has 53 heavy (non-hydrogen) atoms. The Labute approximate surface area is 311 Å². The first kappa shape index (κ1) is 33.1. The Morgan fingerprint density at radius 3 is 0.830 bits per heavy atom. The fourth-order valence-corrected chi connectivity index (χ4v) is 13.7. The highest BCUT2D eigenvalue weighted by Crippen LogP contribution is 2.58. The number of benzene rings is 8. The molecule has 0 fully saturated rings. The predicted octanol–water partition coefficient (Wildman–Crippen LogP) is 9.33. The Bertz CT molecular complexity index is 2370. The Balaban J connectivity index is 1.37. The molecule has 0 amide bonds. The molecule has 9 rings (SSSR count). The van der Waals surface area contributed by atoms with Crippen molar-refractivity contribution < 1.29 is 9.13 Å². The topological polar surface area (TPSA) is 34.1 Å². The highest BCUT2D eigenvalue weighted by molar-refractivity contribution is 7.85. The molecule has 8 aromatic carbocycles. The first-order chi connectivity index (χ1) is 26.1. The first-order valence-corrected chi connectivity index (χ1v) is 21.3. The minimum absolute atomic E-state index is 0.775. The summed E-state index contributed by atoms with van der Waals surface area (Å²) in [5, 5.41) is 4.72. The van der Waals surface area contributed by atoms with Gasteiger partial charge in [-0.05, 0) is 45.5 Å². The number of hydrogen-bond acceptors (Lipinski definition) is 2. The molecule has 0 atom stereocenters. The van der Waals surface area contributed by atoms with Gasteiger partial charge in [-0.2, -0.15) is 0 Å². The van der Waals surface area contributed by atoms with E-state index >= 15 is 9.13 Å². The lowest BCUT2D eigenvalue weighted by Gasteiger charge is -2.35. The lowest BCUT2D eigenvalue weighted by atomic mass is 9.68. The van der Waals surface area contributed by atoms with E-state index in [0.717, 1.165) is 65.2 Å². The highest BCUT2D eigenvalue weighted by Gasteiger charge is 2.48. The summed E-state index contributed by atoms with van der Waals surface area (Å²) in [7, 11) is -6.61. The summed E-state index contributed by atoms with van der Waals surface area (Å²) in [6.45, 7) is 0. The second kappa shape index (κ2) is 13.3. The van der Waals surface area contributed by atoms with E-state index in [2.05, 4.69) is 84.9 Å². The van der Waals surface area contributed by atoms with Gasteiger partial charge < -0.3 is 9.13 Å². The van der Waals surface area contributed by atoms with E-state index in [9.17, 15) is 0 Å². The van der Waals surface area contributed by atoms with Crippen LogP contribution < -0.4 is 31.8 Å². The smallest absolute Gasteiger partial charge is 0.171 e. The molecule has 0 spiro atoms. The van der Waals surface area contributed by atoms with Crippen LogP contribution in [0.1, 0.15) is 22.3 Å². The fourth-order valence-electron chi connectivity index (χ4n) is 8.30. The van der Waals surface area contributed by atoms with Gasteiger partial charge in [0.25, 0.3) is 0 Å². The van der Waals surface area contributed by atoms with Gasteiger partial charge in [-0.3, -0.25) is 0 Å². The zero-order valence-corrected chi connectivity index (χ0v) is 30.8. The third-order valence-corrected chi connectivity index (χ3v) is 16.8. The molecular weight excluding hydrogens is 682 g/mol. The molecule has 0 saturated heterocycles. The molecule has 4 heteroatoms. The van der Waals surface area contributed by atoms with E-state index < -0.39 is 19.7 Å². The number of hydrogen-bond donors (Lipinski definition) is 0. The van der Waals surface area contributed by atoms with Crippen molar-refractivity contribution in [3.63, 3.8) is 0 Å². The highest BCUT2D eigenvalue weighted by atomic mass is 31.2. The molecule has 0 heterocycles. The average Bonchev–Trinajstić information content (AvgIpc) is 3.54. The summed E-state index contributed by atoms with van der Waals surface area (Å²) in [5.41, 5.74) is 5.64. The van der Waals surface area contributed by atoms with Crippen molar-refractivity contribution in [2.75, 3.05) is 0 Å². The van der Waals surface area contributed by atoms with Gasteiger partial charge in [-0.15, -0.1) is 0 Å². The van der Waals surface area contributed by atoms with Crippen LogP contribution in [0.5, 0.6) is 0 Å². The minimum Gasteiger partial charge on any atom is -0.309 e. The molecule has 8 aromatic rings. The SMILES string of the molecule is O=P(c1ccccc1)(c1ccccc1)c1ccc2c(c1)C(c1ccccc1)(c1ccccc1)c1cc(P(=O)(c3ccccc3)c3ccccc3)ccc1-2.